The van der Waals surface area contributed by atoms with Crippen molar-refractivity contribution in [3.8, 4) is 0 Å². The van der Waals surface area contributed by atoms with Crippen LogP contribution >= 0.6 is 23.4 Å². The maximum Gasteiger partial charge on any atom is 0.221 e. The van der Waals surface area contributed by atoms with Crippen molar-refractivity contribution in [2.45, 2.75) is 11.6 Å². The number of nitrogens with two attached hydrogens (primary N) is 1. The van der Waals surface area contributed by atoms with Crippen molar-refractivity contribution in [3.05, 3.63) is 23.0 Å². The zero-order chi connectivity index (χ0) is 11.3. The van der Waals surface area contributed by atoms with Gasteiger partial charge in [0.15, 0.2) is 5.16 Å². The van der Waals surface area contributed by atoms with Crippen LogP contribution in [0.1, 0.15) is 12.0 Å². The van der Waals surface area contributed by atoms with Gasteiger partial charge in [-0.15, -0.1) is 0 Å². The van der Waals surface area contributed by atoms with Crippen LogP contribution in [0.2, 0.25) is 5.15 Å². The number of carbonyl (C=O) groups excluding carboxylic acids is 1. The summed E-state index contributed by atoms with van der Waals surface area (Å²) >= 11 is 7.31. The minimum Gasteiger partial charge on any atom is -0.369 e. The molecule has 0 bridgehead atoms. The van der Waals surface area contributed by atoms with Gasteiger partial charge >= 0.3 is 0 Å². The Morgan fingerprint density at radius 3 is 3.00 bits per heavy atom. The van der Waals surface area contributed by atoms with E-state index in [0.717, 1.165) is 0 Å². The van der Waals surface area contributed by atoms with Gasteiger partial charge in [-0.2, -0.15) is 0 Å². The lowest BCUT2D eigenvalue weighted by molar-refractivity contribution is -0.117. The molecular formula is C9H10ClN3OS. The van der Waals surface area contributed by atoms with Gasteiger partial charge in [0.1, 0.15) is 5.15 Å². The van der Waals surface area contributed by atoms with Crippen molar-refractivity contribution >= 4 is 35.3 Å². The number of rotatable bonds is 4. The number of thioether (sulfide) groups is 1. The van der Waals surface area contributed by atoms with Crippen LogP contribution in [0.4, 0.5) is 0 Å². The fourth-order valence-corrected chi connectivity index (χ4v) is 1.45. The fraction of sp³-hybridized carbons (Fsp3) is 0.222. The lowest BCUT2D eigenvalue weighted by atomic mass is 10.3. The van der Waals surface area contributed by atoms with Crippen LogP contribution in [0.15, 0.2) is 17.4 Å². The summed E-state index contributed by atoms with van der Waals surface area (Å²) in [7, 11) is 0. The van der Waals surface area contributed by atoms with Crippen molar-refractivity contribution in [2.24, 2.45) is 5.73 Å². The largest absolute Gasteiger partial charge is 0.369 e. The number of nitrogens with zero attached hydrogens (tertiary/aromatic N) is 2. The van der Waals surface area contributed by atoms with Crippen LogP contribution in [0, 0.1) is 0 Å². The highest BCUT2D eigenvalue weighted by Crippen LogP contribution is 2.17. The molecule has 0 aliphatic rings. The van der Waals surface area contributed by atoms with Gasteiger partial charge in [-0.25, -0.2) is 9.97 Å². The van der Waals surface area contributed by atoms with E-state index in [9.17, 15) is 4.79 Å². The smallest absolute Gasteiger partial charge is 0.221 e. The van der Waals surface area contributed by atoms with Crippen LogP contribution in [0.5, 0.6) is 0 Å². The molecule has 0 saturated heterocycles. The first kappa shape index (κ1) is 12.0. The predicted octanol–water partition coefficient (Wildman–Crippen LogP) is 1.74. The van der Waals surface area contributed by atoms with Gasteiger partial charge in [0.25, 0.3) is 0 Å². The Hall–Kier alpha value is -1.07. The summed E-state index contributed by atoms with van der Waals surface area (Å²) in [6.07, 6.45) is 6.97. The molecule has 1 rings (SSSR count). The molecule has 1 amide bonds. The van der Waals surface area contributed by atoms with Crippen molar-refractivity contribution in [1.82, 2.24) is 9.97 Å². The normalized spacial score (nSPS) is 10.8. The van der Waals surface area contributed by atoms with Crippen LogP contribution < -0.4 is 5.73 Å². The quantitative estimate of drug-likeness (QED) is 0.497. The molecule has 0 unspecified atom stereocenters. The fourth-order valence-electron chi connectivity index (χ4n) is 0.868. The summed E-state index contributed by atoms with van der Waals surface area (Å²) in [5.74, 6) is -0.385. The van der Waals surface area contributed by atoms with Crippen molar-refractivity contribution in [3.63, 3.8) is 0 Å². The Labute approximate surface area is 96.9 Å². The van der Waals surface area contributed by atoms with E-state index in [1.807, 2.05) is 6.26 Å². The van der Waals surface area contributed by atoms with Crippen LogP contribution in [0.25, 0.3) is 6.08 Å². The lowest BCUT2D eigenvalue weighted by Crippen LogP contribution is -2.07. The Morgan fingerprint density at radius 1 is 1.73 bits per heavy atom. The second kappa shape index (κ2) is 5.72. The van der Waals surface area contributed by atoms with Crippen molar-refractivity contribution in [1.29, 1.82) is 0 Å². The molecule has 0 aliphatic heterocycles. The monoisotopic (exact) mass is 243 g/mol. The van der Waals surface area contributed by atoms with Crippen LogP contribution in [0.3, 0.4) is 0 Å². The second-order valence-corrected chi connectivity index (χ2v) is 3.81. The molecule has 0 spiro atoms. The number of halogens is 1. The number of carbonyl (C=O) groups is 1. The average Bonchev–Trinajstić information content (AvgIpc) is 2.20. The summed E-state index contributed by atoms with van der Waals surface area (Å²) in [6, 6.07) is 0. The summed E-state index contributed by atoms with van der Waals surface area (Å²) in [5.41, 5.74) is 5.66. The summed E-state index contributed by atoms with van der Waals surface area (Å²) in [6.45, 7) is 0. The third-order valence-corrected chi connectivity index (χ3v) is 2.41. The van der Waals surface area contributed by atoms with E-state index in [-0.39, 0.29) is 12.3 Å². The molecule has 6 heteroatoms. The minimum atomic E-state index is -0.385. The topological polar surface area (TPSA) is 68.9 Å². The molecule has 1 aromatic heterocycles. The van der Waals surface area contributed by atoms with E-state index in [1.54, 1.807) is 18.3 Å². The van der Waals surface area contributed by atoms with E-state index >= 15 is 0 Å². The molecule has 80 valence electrons. The predicted molar refractivity (Wildman–Crippen MR) is 61.7 cm³/mol. The molecule has 1 aromatic rings. The highest BCUT2D eigenvalue weighted by atomic mass is 35.5. The van der Waals surface area contributed by atoms with E-state index in [0.29, 0.717) is 15.9 Å². The van der Waals surface area contributed by atoms with Crippen molar-refractivity contribution < 1.29 is 4.79 Å². The standard InChI is InChI=1S/C9H10ClN3OS/c1-15-9-12-5-6(8(10)13-9)3-2-4-7(11)14/h2-3,5H,4H2,1H3,(H2,11,14). The summed E-state index contributed by atoms with van der Waals surface area (Å²) in [5, 5.41) is 0.988. The van der Waals surface area contributed by atoms with E-state index in [1.165, 1.54) is 11.8 Å². The van der Waals surface area contributed by atoms with Gasteiger partial charge in [-0.3, -0.25) is 4.79 Å². The third kappa shape index (κ3) is 3.89. The van der Waals surface area contributed by atoms with Gasteiger partial charge in [-0.1, -0.05) is 35.5 Å². The first-order valence-electron chi connectivity index (χ1n) is 4.15. The van der Waals surface area contributed by atoms with Crippen LogP contribution in [-0.4, -0.2) is 22.1 Å². The molecule has 0 aromatic carbocycles. The van der Waals surface area contributed by atoms with E-state index in [4.69, 9.17) is 17.3 Å². The molecule has 2 N–H and O–H groups in total. The molecular weight excluding hydrogens is 234 g/mol. The molecule has 0 radical (unpaired) electrons. The number of hydrogen-bond donors (Lipinski definition) is 1. The SMILES string of the molecule is CSc1ncc(C=CCC(N)=O)c(Cl)n1. The molecule has 0 saturated carbocycles. The Morgan fingerprint density at radius 2 is 2.47 bits per heavy atom. The maximum absolute atomic E-state index is 10.5. The molecule has 0 fully saturated rings. The first-order valence-corrected chi connectivity index (χ1v) is 5.75. The minimum absolute atomic E-state index is 0.181. The summed E-state index contributed by atoms with van der Waals surface area (Å²) < 4.78 is 0. The van der Waals surface area contributed by atoms with E-state index in [2.05, 4.69) is 9.97 Å². The third-order valence-electron chi connectivity index (χ3n) is 1.55. The van der Waals surface area contributed by atoms with Gasteiger partial charge in [-0.05, 0) is 6.26 Å². The van der Waals surface area contributed by atoms with E-state index < -0.39 is 0 Å². The summed E-state index contributed by atoms with van der Waals surface area (Å²) in [4.78, 5) is 18.6. The molecule has 4 nitrogen and oxygen atoms in total. The van der Waals surface area contributed by atoms with Gasteiger partial charge in [0.05, 0.1) is 0 Å². The Kier molecular flexibility index (Phi) is 4.58. The van der Waals surface area contributed by atoms with Gasteiger partial charge in [0, 0.05) is 18.2 Å². The first-order chi connectivity index (χ1) is 7.13. The highest BCUT2D eigenvalue weighted by molar-refractivity contribution is 7.98. The molecule has 1 heterocycles. The molecule has 0 aliphatic carbocycles. The molecule has 15 heavy (non-hydrogen) atoms. The molecule has 0 atom stereocenters. The second-order valence-electron chi connectivity index (χ2n) is 2.68. The zero-order valence-electron chi connectivity index (χ0n) is 8.11. The Balaban J connectivity index is 2.78. The number of primary amides is 1. The highest BCUT2D eigenvalue weighted by Gasteiger charge is 2.01. The Bertz CT molecular complexity index is 395. The van der Waals surface area contributed by atoms with Crippen LogP contribution in [-0.2, 0) is 4.79 Å². The van der Waals surface area contributed by atoms with Gasteiger partial charge < -0.3 is 5.73 Å². The maximum atomic E-state index is 10.5. The number of aromatic nitrogens is 2. The number of amides is 1. The van der Waals surface area contributed by atoms with Crippen molar-refractivity contribution in [2.75, 3.05) is 6.26 Å². The van der Waals surface area contributed by atoms with Gasteiger partial charge in [0.2, 0.25) is 5.91 Å². The average molecular weight is 244 g/mol. The lowest BCUT2D eigenvalue weighted by Gasteiger charge is -1.98. The number of hydrogen-bond acceptors (Lipinski definition) is 4. The zero-order valence-corrected chi connectivity index (χ0v) is 9.68.